The molecule has 0 aromatic heterocycles. The maximum atomic E-state index is 11.7. The van der Waals surface area contributed by atoms with Crippen molar-refractivity contribution >= 4 is 17.8 Å². The average Bonchev–Trinajstić information content (AvgIpc) is 2.50. The Morgan fingerprint density at radius 2 is 2.06 bits per heavy atom. The smallest absolute Gasteiger partial charge is 0.333 e. The van der Waals surface area contributed by atoms with E-state index in [0.717, 1.165) is 19.3 Å². The first-order valence-electron chi connectivity index (χ1n) is 5.68. The van der Waals surface area contributed by atoms with E-state index in [1.165, 1.54) is 11.8 Å². The number of esters is 1. The van der Waals surface area contributed by atoms with Gasteiger partial charge in [0.05, 0.1) is 0 Å². The molecule has 0 spiro atoms. The molecule has 0 aromatic rings. The summed E-state index contributed by atoms with van der Waals surface area (Å²) in [7, 11) is 0. The van der Waals surface area contributed by atoms with E-state index in [1.807, 2.05) is 0 Å². The van der Waals surface area contributed by atoms with E-state index in [2.05, 4.69) is 6.58 Å². The van der Waals surface area contributed by atoms with Crippen LogP contribution in [0.4, 0.5) is 0 Å². The second-order valence-electron chi connectivity index (χ2n) is 4.11. The van der Waals surface area contributed by atoms with Gasteiger partial charge in [-0.05, 0) is 19.8 Å². The Labute approximate surface area is 100 Å². The van der Waals surface area contributed by atoms with Crippen molar-refractivity contribution in [1.29, 1.82) is 0 Å². The van der Waals surface area contributed by atoms with Gasteiger partial charge in [-0.15, -0.1) is 0 Å². The zero-order valence-corrected chi connectivity index (χ0v) is 10.0. The Balaban J connectivity index is 2.48. The summed E-state index contributed by atoms with van der Waals surface area (Å²) < 4.78 is 4.73. The van der Waals surface area contributed by atoms with Crippen LogP contribution < -0.4 is 0 Å². The Hall–Kier alpha value is -1.65. The summed E-state index contributed by atoms with van der Waals surface area (Å²) in [5, 5.41) is 0. The summed E-state index contributed by atoms with van der Waals surface area (Å²) in [6.07, 6.45) is 2.96. The van der Waals surface area contributed by atoms with Crippen LogP contribution in [0.15, 0.2) is 12.2 Å². The lowest BCUT2D eigenvalue weighted by atomic mass is 10.2. The van der Waals surface area contributed by atoms with Gasteiger partial charge in [0.1, 0.15) is 0 Å². The van der Waals surface area contributed by atoms with Crippen LogP contribution in [0.3, 0.4) is 0 Å². The molecule has 2 amide bonds. The first kappa shape index (κ1) is 13.4. The lowest BCUT2D eigenvalue weighted by Gasteiger charge is -2.18. The first-order valence-corrected chi connectivity index (χ1v) is 5.68. The molecule has 1 saturated heterocycles. The quantitative estimate of drug-likeness (QED) is 0.545. The zero-order valence-electron chi connectivity index (χ0n) is 10.0. The molecular weight excluding hydrogens is 222 g/mol. The highest BCUT2D eigenvalue weighted by Gasteiger charge is 2.23. The fraction of sp³-hybridized carbons (Fsp3) is 0.583. The van der Waals surface area contributed by atoms with Crippen LogP contribution in [0.2, 0.25) is 0 Å². The Morgan fingerprint density at radius 3 is 2.71 bits per heavy atom. The second-order valence-corrected chi connectivity index (χ2v) is 4.11. The molecule has 1 fully saturated rings. The number of amides is 2. The van der Waals surface area contributed by atoms with Crippen LogP contribution in [0.5, 0.6) is 0 Å². The number of carbonyl (C=O) groups excluding carboxylic acids is 3. The van der Waals surface area contributed by atoms with Gasteiger partial charge in [0, 0.05) is 18.5 Å². The third kappa shape index (κ3) is 4.01. The van der Waals surface area contributed by atoms with Crippen LogP contribution in [0.25, 0.3) is 0 Å². The van der Waals surface area contributed by atoms with Gasteiger partial charge in [0.15, 0.2) is 6.61 Å². The molecule has 0 bridgehead atoms. The summed E-state index contributed by atoms with van der Waals surface area (Å²) in [5.74, 6) is -1.24. The molecule has 0 aromatic carbocycles. The number of nitrogens with zero attached hydrogens (tertiary/aromatic N) is 1. The van der Waals surface area contributed by atoms with Crippen molar-refractivity contribution in [1.82, 2.24) is 4.90 Å². The molecule has 5 nitrogen and oxygen atoms in total. The zero-order chi connectivity index (χ0) is 12.8. The van der Waals surface area contributed by atoms with Gasteiger partial charge in [0.2, 0.25) is 5.91 Å². The summed E-state index contributed by atoms with van der Waals surface area (Å²) in [6.45, 7) is 4.94. The summed E-state index contributed by atoms with van der Waals surface area (Å²) in [5.41, 5.74) is 0.236. The van der Waals surface area contributed by atoms with Crippen molar-refractivity contribution in [2.24, 2.45) is 0 Å². The summed E-state index contributed by atoms with van der Waals surface area (Å²) in [4.78, 5) is 35.5. The van der Waals surface area contributed by atoms with E-state index in [9.17, 15) is 14.4 Å². The number of hydrogen-bond donors (Lipinski definition) is 0. The van der Waals surface area contributed by atoms with E-state index in [4.69, 9.17) is 4.74 Å². The largest absolute Gasteiger partial charge is 0.452 e. The monoisotopic (exact) mass is 239 g/mol. The van der Waals surface area contributed by atoms with Crippen molar-refractivity contribution in [2.45, 2.75) is 32.6 Å². The predicted octanol–water partition coefficient (Wildman–Crippen LogP) is 1.03. The highest BCUT2D eigenvalue weighted by Crippen LogP contribution is 2.11. The first-order chi connectivity index (χ1) is 8.02. The van der Waals surface area contributed by atoms with Crippen molar-refractivity contribution in [3.63, 3.8) is 0 Å². The highest BCUT2D eigenvalue weighted by atomic mass is 16.5. The Kier molecular flexibility index (Phi) is 4.87. The fourth-order valence-electron chi connectivity index (χ4n) is 1.57. The molecular formula is C12H17NO4. The standard InChI is InChI=1S/C12H17NO4/c1-9(2)12(16)17-8-11(15)13-7-5-3-4-6-10(13)14/h1,3-8H2,2H3. The van der Waals surface area contributed by atoms with Gasteiger partial charge in [0.25, 0.3) is 5.91 Å². The van der Waals surface area contributed by atoms with Crippen LogP contribution in [0, 0.1) is 0 Å². The van der Waals surface area contributed by atoms with E-state index < -0.39 is 18.5 Å². The fourth-order valence-corrected chi connectivity index (χ4v) is 1.57. The van der Waals surface area contributed by atoms with E-state index >= 15 is 0 Å². The molecule has 0 unspecified atom stereocenters. The number of carbonyl (C=O) groups is 3. The molecule has 5 heteroatoms. The lowest BCUT2D eigenvalue weighted by Crippen LogP contribution is -2.39. The lowest BCUT2D eigenvalue weighted by molar-refractivity contribution is -0.153. The molecule has 94 valence electrons. The van der Waals surface area contributed by atoms with E-state index in [1.54, 1.807) is 0 Å². The van der Waals surface area contributed by atoms with Crippen molar-refractivity contribution < 1.29 is 19.1 Å². The van der Waals surface area contributed by atoms with Crippen LogP contribution in [0.1, 0.15) is 32.6 Å². The third-order valence-electron chi connectivity index (χ3n) is 2.55. The van der Waals surface area contributed by atoms with Crippen molar-refractivity contribution in [3.8, 4) is 0 Å². The minimum Gasteiger partial charge on any atom is -0.452 e. The van der Waals surface area contributed by atoms with Gasteiger partial charge in [-0.3, -0.25) is 14.5 Å². The molecule has 0 saturated carbocycles. The number of imide groups is 1. The van der Waals surface area contributed by atoms with Crippen LogP contribution in [-0.2, 0) is 19.1 Å². The molecule has 1 rings (SSSR count). The summed E-state index contributed by atoms with van der Waals surface area (Å²) >= 11 is 0. The summed E-state index contributed by atoms with van der Waals surface area (Å²) in [6, 6.07) is 0. The molecule has 0 N–H and O–H groups in total. The minimum absolute atomic E-state index is 0.182. The topological polar surface area (TPSA) is 63.7 Å². The average molecular weight is 239 g/mol. The minimum atomic E-state index is -0.611. The molecule has 17 heavy (non-hydrogen) atoms. The van der Waals surface area contributed by atoms with Crippen LogP contribution >= 0.6 is 0 Å². The Bertz CT molecular complexity index is 348. The van der Waals surface area contributed by atoms with Gasteiger partial charge in [-0.2, -0.15) is 0 Å². The molecule has 0 aliphatic carbocycles. The van der Waals surface area contributed by atoms with Crippen molar-refractivity contribution in [3.05, 3.63) is 12.2 Å². The van der Waals surface area contributed by atoms with Gasteiger partial charge in [-0.1, -0.05) is 13.0 Å². The van der Waals surface area contributed by atoms with Gasteiger partial charge in [-0.25, -0.2) is 4.79 Å². The van der Waals surface area contributed by atoms with E-state index in [0.29, 0.717) is 13.0 Å². The van der Waals surface area contributed by atoms with Crippen LogP contribution in [-0.4, -0.2) is 35.8 Å². The molecule has 0 radical (unpaired) electrons. The van der Waals surface area contributed by atoms with E-state index in [-0.39, 0.29) is 11.5 Å². The third-order valence-corrected chi connectivity index (χ3v) is 2.55. The number of likely N-dealkylation sites (tertiary alicyclic amines) is 1. The van der Waals surface area contributed by atoms with Gasteiger partial charge >= 0.3 is 5.97 Å². The molecule has 1 aliphatic heterocycles. The highest BCUT2D eigenvalue weighted by molar-refractivity contribution is 5.97. The van der Waals surface area contributed by atoms with Crippen molar-refractivity contribution in [2.75, 3.05) is 13.2 Å². The molecule has 1 aliphatic rings. The number of hydrogen-bond acceptors (Lipinski definition) is 4. The Morgan fingerprint density at radius 1 is 1.35 bits per heavy atom. The SMILES string of the molecule is C=C(C)C(=O)OCC(=O)N1CCCCCC1=O. The molecule has 0 atom stereocenters. The molecule has 1 heterocycles. The predicted molar refractivity (Wildman–Crippen MR) is 61.0 cm³/mol. The number of rotatable bonds is 3. The normalized spacial score (nSPS) is 16.3. The second kappa shape index (κ2) is 6.18. The van der Waals surface area contributed by atoms with Gasteiger partial charge < -0.3 is 4.74 Å². The maximum absolute atomic E-state index is 11.7. The number of ether oxygens (including phenoxy) is 1. The maximum Gasteiger partial charge on any atom is 0.333 e.